The molecule has 7 nitrogen and oxygen atoms in total. The maximum atomic E-state index is 12.9. The Bertz CT molecular complexity index is 985. The SMILES string of the molecule is COc1ccccc1C[C@H](C)N(C)C(=O)c1ccc(S(=O)(=O)NC[C@@H]2CCCO2)cc1. The molecule has 2 aromatic rings. The fraction of sp³-hybridized carbons (Fsp3) is 0.435. The Balaban J connectivity index is 1.63. The Labute approximate surface area is 184 Å². The summed E-state index contributed by atoms with van der Waals surface area (Å²) in [5.74, 6) is 0.624. The number of methoxy groups -OCH3 is 1. The van der Waals surface area contributed by atoms with Crippen LogP contribution in [0.2, 0.25) is 0 Å². The highest BCUT2D eigenvalue weighted by atomic mass is 32.2. The third-order valence-corrected chi connectivity index (χ3v) is 7.07. The van der Waals surface area contributed by atoms with Gasteiger partial charge in [-0.05, 0) is 62.1 Å². The topological polar surface area (TPSA) is 84.9 Å². The zero-order valence-corrected chi connectivity index (χ0v) is 19.0. The number of carbonyl (C=O) groups excluding carboxylic acids is 1. The van der Waals surface area contributed by atoms with Crippen LogP contribution in [0.15, 0.2) is 53.4 Å². The highest BCUT2D eigenvalue weighted by Gasteiger charge is 2.22. The van der Waals surface area contributed by atoms with Crippen LogP contribution in [0.3, 0.4) is 0 Å². The molecule has 0 spiro atoms. The van der Waals surface area contributed by atoms with E-state index in [9.17, 15) is 13.2 Å². The van der Waals surface area contributed by atoms with Crippen molar-refractivity contribution >= 4 is 15.9 Å². The van der Waals surface area contributed by atoms with Crippen LogP contribution in [0.5, 0.6) is 5.75 Å². The van der Waals surface area contributed by atoms with Crippen LogP contribution in [0.4, 0.5) is 0 Å². The lowest BCUT2D eigenvalue weighted by atomic mass is 10.0. The Morgan fingerprint density at radius 2 is 1.94 bits per heavy atom. The lowest BCUT2D eigenvalue weighted by Crippen LogP contribution is -2.36. The van der Waals surface area contributed by atoms with Gasteiger partial charge in [0.1, 0.15) is 5.75 Å². The number of carbonyl (C=O) groups is 1. The van der Waals surface area contributed by atoms with Crippen molar-refractivity contribution in [1.29, 1.82) is 0 Å². The molecule has 2 atom stereocenters. The van der Waals surface area contributed by atoms with Crippen molar-refractivity contribution < 1.29 is 22.7 Å². The number of nitrogens with zero attached hydrogens (tertiary/aromatic N) is 1. The van der Waals surface area contributed by atoms with E-state index < -0.39 is 10.0 Å². The summed E-state index contributed by atoms with van der Waals surface area (Å²) in [4.78, 5) is 14.7. The zero-order valence-electron chi connectivity index (χ0n) is 18.2. The maximum Gasteiger partial charge on any atom is 0.253 e. The number of likely N-dealkylation sites (N-methyl/N-ethyl adjacent to an activating group) is 1. The third kappa shape index (κ3) is 5.84. The number of ether oxygens (including phenoxy) is 2. The molecular formula is C23H30N2O5S. The lowest BCUT2D eigenvalue weighted by Gasteiger charge is -2.26. The predicted octanol–water partition coefficient (Wildman–Crippen LogP) is 2.86. The van der Waals surface area contributed by atoms with Crippen LogP contribution in [-0.4, -0.2) is 58.7 Å². The summed E-state index contributed by atoms with van der Waals surface area (Å²) >= 11 is 0. The molecule has 31 heavy (non-hydrogen) atoms. The van der Waals surface area contributed by atoms with Gasteiger partial charge in [0.2, 0.25) is 10.0 Å². The molecule has 0 aliphatic carbocycles. The first-order valence-electron chi connectivity index (χ1n) is 10.4. The first-order chi connectivity index (χ1) is 14.8. The van der Waals surface area contributed by atoms with E-state index in [-0.39, 0.29) is 29.5 Å². The molecule has 0 bridgehead atoms. The molecule has 168 valence electrons. The minimum Gasteiger partial charge on any atom is -0.496 e. The van der Waals surface area contributed by atoms with Crippen molar-refractivity contribution in [3.05, 3.63) is 59.7 Å². The summed E-state index contributed by atoms with van der Waals surface area (Å²) in [6.45, 7) is 2.90. The summed E-state index contributed by atoms with van der Waals surface area (Å²) in [6.07, 6.45) is 2.38. The van der Waals surface area contributed by atoms with Gasteiger partial charge in [-0.15, -0.1) is 0 Å². The average molecular weight is 447 g/mol. The summed E-state index contributed by atoms with van der Waals surface area (Å²) < 4.78 is 38.4. The second-order valence-electron chi connectivity index (χ2n) is 7.79. The Hall–Kier alpha value is -2.42. The van der Waals surface area contributed by atoms with Crippen molar-refractivity contribution in [2.24, 2.45) is 0 Å². The van der Waals surface area contributed by atoms with Gasteiger partial charge in [-0.1, -0.05) is 18.2 Å². The highest BCUT2D eigenvalue weighted by molar-refractivity contribution is 7.89. The number of nitrogens with one attached hydrogen (secondary N) is 1. The molecule has 1 N–H and O–H groups in total. The number of benzene rings is 2. The quantitative estimate of drug-likeness (QED) is 0.640. The van der Waals surface area contributed by atoms with Gasteiger partial charge in [0.05, 0.1) is 18.1 Å². The van der Waals surface area contributed by atoms with Crippen molar-refractivity contribution in [3.63, 3.8) is 0 Å². The molecule has 3 rings (SSSR count). The number of amides is 1. The summed E-state index contributed by atoms with van der Waals surface area (Å²) in [6, 6.07) is 13.7. The molecule has 0 aromatic heterocycles. The second-order valence-corrected chi connectivity index (χ2v) is 9.56. The molecule has 1 aliphatic heterocycles. The van der Waals surface area contributed by atoms with Gasteiger partial charge in [-0.2, -0.15) is 0 Å². The largest absolute Gasteiger partial charge is 0.496 e. The summed E-state index contributed by atoms with van der Waals surface area (Å²) in [7, 11) is -0.269. The van der Waals surface area contributed by atoms with E-state index in [0.29, 0.717) is 18.6 Å². The van der Waals surface area contributed by atoms with Crippen LogP contribution in [0, 0.1) is 0 Å². The monoisotopic (exact) mass is 446 g/mol. The van der Waals surface area contributed by atoms with E-state index in [4.69, 9.17) is 9.47 Å². The maximum absolute atomic E-state index is 12.9. The Morgan fingerprint density at radius 3 is 2.58 bits per heavy atom. The van der Waals surface area contributed by atoms with Crippen molar-refractivity contribution in [3.8, 4) is 5.75 Å². The van der Waals surface area contributed by atoms with Gasteiger partial charge >= 0.3 is 0 Å². The van der Waals surface area contributed by atoms with E-state index >= 15 is 0 Å². The second kappa shape index (κ2) is 10.3. The molecule has 0 saturated carbocycles. The van der Waals surface area contributed by atoms with Crippen LogP contribution >= 0.6 is 0 Å². The van der Waals surface area contributed by atoms with Gasteiger partial charge in [0.25, 0.3) is 5.91 Å². The molecule has 0 radical (unpaired) electrons. The number of sulfonamides is 1. The van der Waals surface area contributed by atoms with Crippen LogP contribution in [0.1, 0.15) is 35.7 Å². The highest BCUT2D eigenvalue weighted by Crippen LogP contribution is 2.21. The molecule has 1 heterocycles. The van der Waals surface area contributed by atoms with Gasteiger partial charge in [-0.3, -0.25) is 4.79 Å². The van der Waals surface area contributed by atoms with Crippen molar-refractivity contribution in [2.45, 2.75) is 43.2 Å². The number of hydrogen-bond acceptors (Lipinski definition) is 5. The van der Waals surface area contributed by atoms with E-state index in [0.717, 1.165) is 24.2 Å². The molecule has 1 amide bonds. The number of para-hydroxylation sites is 1. The van der Waals surface area contributed by atoms with E-state index in [1.807, 2.05) is 31.2 Å². The Kier molecular flexibility index (Phi) is 7.69. The smallest absolute Gasteiger partial charge is 0.253 e. The standard InChI is InChI=1S/C23H30N2O5S/c1-17(15-19-7-4-5-9-22(19)29-3)25(2)23(26)18-10-12-21(13-11-18)31(27,28)24-16-20-8-6-14-30-20/h4-5,7,9-13,17,20,24H,6,8,14-16H2,1-3H3/t17-,20-/m0/s1. The van der Waals surface area contributed by atoms with Crippen LogP contribution in [-0.2, 0) is 21.2 Å². The molecule has 1 saturated heterocycles. The molecule has 8 heteroatoms. The molecule has 1 aliphatic rings. The fourth-order valence-corrected chi connectivity index (χ4v) is 4.66. The average Bonchev–Trinajstić information content (AvgIpc) is 3.31. The van der Waals surface area contributed by atoms with Crippen LogP contribution in [0.25, 0.3) is 0 Å². The van der Waals surface area contributed by atoms with Gasteiger partial charge in [-0.25, -0.2) is 13.1 Å². The molecule has 2 aromatic carbocycles. The van der Waals surface area contributed by atoms with Gasteiger partial charge in [0.15, 0.2) is 0 Å². The van der Waals surface area contributed by atoms with Gasteiger partial charge in [0, 0.05) is 31.8 Å². The Morgan fingerprint density at radius 1 is 1.23 bits per heavy atom. The van der Waals surface area contributed by atoms with E-state index in [1.165, 1.54) is 12.1 Å². The summed E-state index contributed by atoms with van der Waals surface area (Å²) in [5, 5.41) is 0. The van der Waals surface area contributed by atoms with Gasteiger partial charge < -0.3 is 14.4 Å². The summed E-state index contributed by atoms with van der Waals surface area (Å²) in [5.41, 5.74) is 1.46. The fourth-order valence-electron chi connectivity index (χ4n) is 3.60. The first kappa shape index (κ1) is 23.2. The third-order valence-electron chi connectivity index (χ3n) is 5.63. The zero-order chi connectivity index (χ0) is 22.4. The lowest BCUT2D eigenvalue weighted by molar-refractivity contribution is 0.0743. The molecule has 1 fully saturated rings. The molecular weight excluding hydrogens is 416 g/mol. The van der Waals surface area contributed by atoms with Crippen molar-refractivity contribution in [1.82, 2.24) is 9.62 Å². The molecule has 0 unspecified atom stereocenters. The number of rotatable bonds is 9. The minimum atomic E-state index is -3.64. The number of hydrogen-bond donors (Lipinski definition) is 1. The predicted molar refractivity (Wildman–Crippen MR) is 119 cm³/mol. The van der Waals surface area contributed by atoms with E-state index in [1.54, 1.807) is 31.2 Å². The first-order valence-corrected chi connectivity index (χ1v) is 11.9. The van der Waals surface area contributed by atoms with Crippen molar-refractivity contribution in [2.75, 3.05) is 27.3 Å². The normalized spacial score (nSPS) is 17.3. The minimum absolute atomic E-state index is 0.0692. The van der Waals surface area contributed by atoms with E-state index in [2.05, 4.69) is 4.72 Å². The van der Waals surface area contributed by atoms with Crippen LogP contribution < -0.4 is 9.46 Å².